The van der Waals surface area contributed by atoms with Gasteiger partial charge in [-0.3, -0.25) is 0 Å². The lowest BCUT2D eigenvalue weighted by Gasteiger charge is -2.55. The summed E-state index contributed by atoms with van der Waals surface area (Å²) in [7, 11) is -3.69. The summed E-state index contributed by atoms with van der Waals surface area (Å²) in [5.41, 5.74) is 0.973. The third-order valence-corrected chi connectivity index (χ3v) is 10.5. The summed E-state index contributed by atoms with van der Waals surface area (Å²) in [6.45, 7) is 0.415. The lowest BCUT2D eigenvalue weighted by atomic mass is 9.61. The van der Waals surface area contributed by atoms with E-state index < -0.39 is 27.4 Å². The Bertz CT molecular complexity index is 988. The quantitative estimate of drug-likeness (QED) is 0.681. The Labute approximate surface area is 168 Å². The predicted molar refractivity (Wildman–Crippen MR) is 94.5 cm³/mol. The van der Waals surface area contributed by atoms with E-state index >= 15 is 0 Å². The fraction of sp³-hybridized carbons (Fsp3) is 0.700. The first kappa shape index (κ1) is 17.6. The molecule has 7 nitrogen and oxygen atoms in total. The van der Waals surface area contributed by atoms with Gasteiger partial charge in [0.25, 0.3) is 0 Å². The number of nitrogens with zero attached hydrogens (tertiary/aromatic N) is 1. The van der Waals surface area contributed by atoms with E-state index in [0.717, 1.165) is 31.4 Å². The molecule has 1 aromatic rings. The maximum atomic E-state index is 13.1. The molecule has 2 unspecified atom stereocenters. The number of piperidine rings is 1. The minimum Gasteiger partial charge on any atom is -0.207 e. The van der Waals surface area contributed by atoms with E-state index in [1.54, 1.807) is 0 Å². The van der Waals surface area contributed by atoms with Gasteiger partial charge < -0.3 is 0 Å². The lowest BCUT2D eigenvalue weighted by molar-refractivity contribution is -0.676. The van der Waals surface area contributed by atoms with Gasteiger partial charge in [0.05, 0.1) is 4.90 Å². The minimum absolute atomic E-state index is 0.0749. The van der Waals surface area contributed by atoms with Crippen LogP contribution in [0.4, 0.5) is 4.39 Å². The van der Waals surface area contributed by atoms with Crippen LogP contribution in [0.25, 0.3) is 0 Å². The summed E-state index contributed by atoms with van der Waals surface area (Å²) in [4.78, 5) is 23.6. The second-order valence-electron chi connectivity index (χ2n) is 9.80. The normalized spacial score (nSPS) is 43.3. The molecule has 156 valence electrons. The van der Waals surface area contributed by atoms with Crippen molar-refractivity contribution >= 4 is 10.0 Å². The van der Waals surface area contributed by atoms with E-state index in [9.17, 15) is 12.8 Å². The van der Waals surface area contributed by atoms with Crippen molar-refractivity contribution in [2.75, 3.05) is 13.1 Å². The predicted octanol–water partition coefficient (Wildman–Crippen LogP) is 2.73. The summed E-state index contributed by atoms with van der Waals surface area (Å²) < 4.78 is 40.1. The Kier molecular flexibility index (Phi) is 3.05. The highest BCUT2D eigenvalue weighted by molar-refractivity contribution is 7.89. The Hall–Kier alpha value is -1.10. The lowest BCUT2D eigenvalue weighted by Crippen LogP contribution is -2.63. The number of halogens is 1. The molecule has 5 aliphatic carbocycles. The molecule has 2 atom stereocenters. The second-order valence-corrected chi connectivity index (χ2v) is 11.7. The molecule has 7 aliphatic rings. The Morgan fingerprint density at radius 3 is 2.28 bits per heavy atom. The number of hydrogen-bond donors (Lipinski definition) is 0. The zero-order valence-electron chi connectivity index (χ0n) is 15.8. The van der Waals surface area contributed by atoms with Gasteiger partial charge in [0, 0.05) is 37.8 Å². The van der Waals surface area contributed by atoms with Crippen LogP contribution >= 0.6 is 0 Å². The first-order chi connectivity index (χ1) is 13.8. The molecular weight excluding hydrogens is 401 g/mol. The van der Waals surface area contributed by atoms with Gasteiger partial charge >= 0.3 is 0 Å². The molecule has 2 saturated heterocycles. The zero-order chi connectivity index (χ0) is 19.7. The molecule has 5 saturated carbocycles. The maximum absolute atomic E-state index is 13.1. The summed E-state index contributed by atoms with van der Waals surface area (Å²) in [5, 5.41) is 0. The van der Waals surface area contributed by atoms with Gasteiger partial charge in [0.1, 0.15) is 5.82 Å². The summed E-state index contributed by atoms with van der Waals surface area (Å²) in [5.74, 6) is -1.64. The van der Waals surface area contributed by atoms with Crippen molar-refractivity contribution in [2.24, 2.45) is 22.7 Å². The van der Waals surface area contributed by atoms with Gasteiger partial charge in [-0.05, 0) is 60.8 Å². The van der Waals surface area contributed by atoms with Crippen molar-refractivity contribution in [1.82, 2.24) is 4.31 Å². The molecule has 4 spiro atoms. The Morgan fingerprint density at radius 2 is 1.62 bits per heavy atom. The molecule has 1 aromatic carbocycles. The molecule has 2 heterocycles. The fourth-order valence-corrected chi connectivity index (χ4v) is 8.17. The van der Waals surface area contributed by atoms with E-state index in [2.05, 4.69) is 0 Å². The molecule has 0 amide bonds. The number of benzene rings is 1. The Balaban J connectivity index is 1.04. The molecule has 0 N–H and O–H groups in total. The SMILES string of the molecule is O=S(=O)(c1ccc(F)cc1)N1CCC2(CC1)OOC1(OO2)C2CC3(C2)CC32CC12. The van der Waals surface area contributed by atoms with Gasteiger partial charge in [0.2, 0.25) is 21.6 Å². The van der Waals surface area contributed by atoms with E-state index in [0.29, 0.717) is 35.5 Å². The number of rotatable bonds is 2. The molecule has 8 rings (SSSR count). The first-order valence-electron chi connectivity index (χ1n) is 10.3. The highest BCUT2D eigenvalue weighted by Gasteiger charge is 2.94. The molecule has 9 heteroatoms. The summed E-state index contributed by atoms with van der Waals surface area (Å²) in [6, 6.07) is 4.86. The summed E-state index contributed by atoms with van der Waals surface area (Å²) in [6.07, 6.45) is 5.28. The van der Waals surface area contributed by atoms with Crippen LogP contribution in [0.15, 0.2) is 29.2 Å². The molecule has 7 fully saturated rings. The van der Waals surface area contributed by atoms with E-state index in [4.69, 9.17) is 19.6 Å². The van der Waals surface area contributed by atoms with Crippen molar-refractivity contribution in [3.63, 3.8) is 0 Å². The fourth-order valence-electron chi connectivity index (χ4n) is 6.73. The van der Waals surface area contributed by atoms with Crippen LogP contribution in [0.5, 0.6) is 0 Å². The first-order valence-corrected chi connectivity index (χ1v) is 11.8. The van der Waals surface area contributed by atoms with E-state index in [1.807, 2.05) is 0 Å². The third kappa shape index (κ3) is 2.02. The minimum atomic E-state index is -3.69. The average Bonchev–Trinajstić information content (AvgIpc) is 3.58. The number of hydrogen-bond acceptors (Lipinski definition) is 6. The summed E-state index contributed by atoms with van der Waals surface area (Å²) >= 11 is 0. The smallest absolute Gasteiger partial charge is 0.207 e. The molecule has 0 aromatic heterocycles. The van der Waals surface area contributed by atoms with Gasteiger partial charge in [-0.15, -0.1) is 0 Å². The van der Waals surface area contributed by atoms with Crippen molar-refractivity contribution in [3.8, 4) is 0 Å². The van der Waals surface area contributed by atoms with Crippen LogP contribution in [-0.4, -0.2) is 37.4 Å². The van der Waals surface area contributed by atoms with Crippen LogP contribution < -0.4 is 0 Å². The van der Waals surface area contributed by atoms with Gasteiger partial charge in [-0.1, -0.05) is 0 Å². The highest BCUT2D eigenvalue weighted by atomic mass is 32.2. The highest BCUT2D eigenvalue weighted by Crippen LogP contribution is 2.96. The van der Waals surface area contributed by atoms with Crippen LogP contribution in [0.1, 0.15) is 38.5 Å². The van der Waals surface area contributed by atoms with Gasteiger partial charge in [-0.25, -0.2) is 12.8 Å². The zero-order valence-corrected chi connectivity index (χ0v) is 16.6. The van der Waals surface area contributed by atoms with Crippen LogP contribution in [0, 0.1) is 28.5 Å². The van der Waals surface area contributed by atoms with Crippen molar-refractivity contribution in [3.05, 3.63) is 30.1 Å². The van der Waals surface area contributed by atoms with Crippen LogP contribution in [0.2, 0.25) is 0 Å². The van der Waals surface area contributed by atoms with E-state index in [-0.39, 0.29) is 18.0 Å². The molecule has 0 radical (unpaired) electrons. The standard InChI is InChI=1S/C20H22FNO6S/c21-14-1-3-15(4-2-14)29(23,24)22-7-5-19(6-8-22)25-27-20(28-26-19)13-9-17(10-13)12-18(17)11-16(18)20/h1-4,13,16H,5-12H2. The van der Waals surface area contributed by atoms with Crippen LogP contribution in [0.3, 0.4) is 0 Å². The number of sulfonamides is 1. The topological polar surface area (TPSA) is 74.3 Å². The maximum Gasteiger partial charge on any atom is 0.243 e. The van der Waals surface area contributed by atoms with E-state index in [1.165, 1.54) is 22.9 Å². The van der Waals surface area contributed by atoms with Gasteiger partial charge in [-0.2, -0.15) is 23.9 Å². The van der Waals surface area contributed by atoms with Crippen molar-refractivity contribution in [2.45, 2.75) is 55.0 Å². The second kappa shape index (κ2) is 5.03. The Morgan fingerprint density at radius 1 is 0.966 bits per heavy atom. The molecule has 29 heavy (non-hydrogen) atoms. The third-order valence-electron chi connectivity index (χ3n) is 8.57. The monoisotopic (exact) mass is 423 g/mol. The van der Waals surface area contributed by atoms with Crippen LogP contribution in [-0.2, 0) is 29.6 Å². The average molecular weight is 423 g/mol. The molecule has 2 aliphatic heterocycles. The molecular formula is C20H22FNO6S. The van der Waals surface area contributed by atoms with Gasteiger partial charge in [0.15, 0.2) is 0 Å². The van der Waals surface area contributed by atoms with Crippen molar-refractivity contribution < 1.29 is 32.4 Å². The largest absolute Gasteiger partial charge is 0.243 e. The van der Waals surface area contributed by atoms with Crippen molar-refractivity contribution in [1.29, 1.82) is 0 Å². The molecule has 2 bridgehead atoms.